The summed E-state index contributed by atoms with van der Waals surface area (Å²) in [5, 5.41) is 14.7. The van der Waals surface area contributed by atoms with Gasteiger partial charge in [0.1, 0.15) is 0 Å². The Morgan fingerprint density at radius 3 is 1.93 bits per heavy atom. The zero-order valence-electron chi connectivity index (χ0n) is 7.08. The van der Waals surface area contributed by atoms with E-state index in [4.69, 9.17) is 14.8 Å². The number of hydrogen-bond acceptors (Lipinski definition) is 4. The molecule has 0 saturated heterocycles. The maximum absolute atomic E-state index is 10.5. The Bertz CT molecular complexity index is 322. The third kappa shape index (κ3) is 8.68. The van der Waals surface area contributed by atoms with Gasteiger partial charge in [-0.2, -0.15) is 8.42 Å². The minimum atomic E-state index is -4.65. The average Bonchev–Trinajstić information content (AvgIpc) is 1.94. The molecule has 3 N–H and O–H groups in total. The number of hydrogen-bond donors (Lipinski definition) is 3. The summed E-state index contributed by atoms with van der Waals surface area (Å²) in [6.45, 7) is 0. The van der Waals surface area contributed by atoms with Crippen molar-refractivity contribution >= 4 is 91.0 Å². The summed E-state index contributed by atoms with van der Waals surface area (Å²) in [6, 6.07) is 0. The van der Waals surface area contributed by atoms with Gasteiger partial charge in [0.05, 0.1) is 0 Å². The number of carbonyl (C=O) groups is 2. The van der Waals surface area contributed by atoms with Crippen LogP contribution in [0.2, 0.25) is 0 Å². The summed E-state index contributed by atoms with van der Waals surface area (Å²) in [7, 11) is -4.65. The van der Waals surface area contributed by atoms with E-state index in [0.29, 0.717) is 0 Å². The Morgan fingerprint density at radius 2 is 1.67 bits per heavy atom. The zero-order valence-corrected chi connectivity index (χ0v) is 7.90. The Kier molecular flexibility index (Phi) is 9.82. The van der Waals surface area contributed by atoms with Crippen LogP contribution in [0.3, 0.4) is 0 Å². The van der Waals surface area contributed by atoms with E-state index in [2.05, 4.69) is 0 Å². The van der Waals surface area contributed by atoms with Crippen LogP contribution in [0.5, 0.6) is 0 Å². The molecule has 0 radical (unpaired) electrons. The normalized spacial score (nSPS) is 12.6. The van der Waals surface area contributed by atoms with E-state index < -0.39 is 33.7 Å². The molecule has 7 nitrogen and oxygen atoms in total. The molecule has 0 heterocycles. The zero-order chi connectivity index (χ0) is 11.4. The number of carboxylic acid groups (broad SMARTS) is 2. The molecule has 0 spiro atoms. The second kappa shape index (κ2) is 8.06. The minimum absolute atomic E-state index is 0. The van der Waals surface area contributed by atoms with Gasteiger partial charge in [0.25, 0.3) is 10.1 Å². The molecule has 0 aromatic carbocycles. The van der Waals surface area contributed by atoms with Crippen molar-refractivity contribution in [3.8, 4) is 0 Å². The molecule has 0 amide bonds. The van der Waals surface area contributed by atoms with Crippen molar-refractivity contribution < 1.29 is 32.8 Å². The Morgan fingerprint density at radius 1 is 1.20 bits per heavy atom. The molecule has 9 heteroatoms. The van der Waals surface area contributed by atoms with Crippen LogP contribution in [0.4, 0.5) is 0 Å². The third-order valence-corrected chi connectivity index (χ3v) is 2.65. The fourth-order valence-corrected chi connectivity index (χ4v) is 1.56. The van der Waals surface area contributed by atoms with Gasteiger partial charge in [-0.05, 0) is 12.8 Å². The average molecular weight is 360 g/mol. The predicted molar refractivity (Wildman–Crippen MR) is 51.6 cm³/mol. The van der Waals surface area contributed by atoms with Gasteiger partial charge in [-0.3, -0.25) is 14.1 Å². The summed E-state index contributed by atoms with van der Waals surface area (Å²) in [4.78, 5) is 20.4. The van der Waals surface area contributed by atoms with Crippen molar-refractivity contribution in [2.24, 2.45) is 0 Å². The van der Waals surface area contributed by atoms with Gasteiger partial charge in [0, 0.05) is 6.42 Å². The molecule has 1 atom stereocenters. The Balaban J connectivity index is 0. The van der Waals surface area contributed by atoms with E-state index in [1.807, 2.05) is 0 Å². The Labute approximate surface area is 145 Å². The van der Waals surface area contributed by atoms with Gasteiger partial charge < -0.3 is 10.2 Å². The second-order valence-electron chi connectivity index (χ2n) is 2.63. The van der Waals surface area contributed by atoms with Crippen LogP contribution in [-0.4, -0.2) is 109 Å². The summed E-state index contributed by atoms with van der Waals surface area (Å²) in [5.74, 6) is -2.83. The number of rotatable bonds is 6. The van der Waals surface area contributed by atoms with Gasteiger partial charge in [-0.25, -0.2) is 0 Å². The van der Waals surface area contributed by atoms with Crippen LogP contribution in [0.1, 0.15) is 19.3 Å². The summed E-state index contributed by atoms with van der Waals surface area (Å²) in [5.41, 5.74) is 0. The standard InChI is InChI=1S/C6H10O7S.Cs.H/c7-5(8)3-1-2-4(6(9)10)14(11,12)13;;/h4H,1-3H2,(H,7,8)(H,9,10)(H,11,12,13);;. The summed E-state index contributed by atoms with van der Waals surface area (Å²) in [6.07, 6.45) is -0.869. The van der Waals surface area contributed by atoms with E-state index in [0.717, 1.165) is 0 Å². The second-order valence-corrected chi connectivity index (χ2v) is 4.23. The van der Waals surface area contributed by atoms with Gasteiger partial charge in [-0.1, -0.05) is 0 Å². The first-order valence-electron chi connectivity index (χ1n) is 3.66. The van der Waals surface area contributed by atoms with E-state index in [-0.39, 0.29) is 81.7 Å². The van der Waals surface area contributed by atoms with Crippen molar-refractivity contribution in [2.75, 3.05) is 0 Å². The van der Waals surface area contributed by atoms with Crippen molar-refractivity contribution in [1.29, 1.82) is 0 Å². The van der Waals surface area contributed by atoms with Crippen molar-refractivity contribution in [3.05, 3.63) is 0 Å². The SMILES string of the molecule is O=C(O)CCCC(C(=O)O)S(=O)(=O)O.[CsH]. The van der Waals surface area contributed by atoms with Crippen LogP contribution >= 0.6 is 0 Å². The van der Waals surface area contributed by atoms with E-state index in [1.165, 1.54) is 0 Å². The van der Waals surface area contributed by atoms with Crippen LogP contribution in [0, 0.1) is 0 Å². The summed E-state index contributed by atoms with van der Waals surface area (Å²) >= 11 is 0. The molecule has 0 aromatic rings. The van der Waals surface area contributed by atoms with Gasteiger partial charge >= 0.3 is 80.8 Å². The topological polar surface area (TPSA) is 129 Å². The first-order chi connectivity index (χ1) is 6.25. The van der Waals surface area contributed by atoms with Gasteiger partial charge in [0.15, 0.2) is 5.25 Å². The molecule has 0 aliphatic rings. The van der Waals surface area contributed by atoms with E-state index in [9.17, 15) is 18.0 Å². The fraction of sp³-hybridized carbons (Fsp3) is 0.667. The van der Waals surface area contributed by atoms with Crippen LogP contribution < -0.4 is 0 Å². The van der Waals surface area contributed by atoms with Crippen LogP contribution in [-0.2, 0) is 19.7 Å². The van der Waals surface area contributed by atoms with Crippen molar-refractivity contribution in [1.82, 2.24) is 0 Å². The Hall–Kier alpha value is 0.902. The molecule has 0 rings (SSSR count). The molecule has 1 unspecified atom stereocenters. The van der Waals surface area contributed by atoms with Crippen molar-refractivity contribution in [2.45, 2.75) is 24.5 Å². The van der Waals surface area contributed by atoms with Crippen LogP contribution in [0.25, 0.3) is 0 Å². The van der Waals surface area contributed by atoms with Gasteiger partial charge in [0.2, 0.25) is 0 Å². The molecule has 0 aliphatic heterocycles. The van der Waals surface area contributed by atoms with E-state index >= 15 is 0 Å². The third-order valence-electron chi connectivity index (χ3n) is 1.49. The quantitative estimate of drug-likeness (QED) is 0.515. The monoisotopic (exact) mass is 360 g/mol. The molecule has 0 fully saturated rings. The first kappa shape index (κ1) is 18.3. The number of aliphatic carboxylic acids is 2. The first-order valence-corrected chi connectivity index (χ1v) is 5.16. The molecule has 0 saturated carbocycles. The molecule has 15 heavy (non-hydrogen) atoms. The molecular weight excluding hydrogens is 349 g/mol. The van der Waals surface area contributed by atoms with Crippen molar-refractivity contribution in [3.63, 3.8) is 0 Å². The molecule has 0 bridgehead atoms. The van der Waals surface area contributed by atoms with Gasteiger partial charge in [-0.15, -0.1) is 0 Å². The van der Waals surface area contributed by atoms with Crippen LogP contribution in [0.15, 0.2) is 0 Å². The fourth-order valence-electron chi connectivity index (χ4n) is 0.838. The van der Waals surface area contributed by atoms with E-state index in [1.54, 1.807) is 0 Å². The molecule has 84 valence electrons. The predicted octanol–water partition coefficient (Wildman–Crippen LogP) is -1.07. The summed E-state index contributed by atoms with van der Waals surface area (Å²) < 4.78 is 29.4. The molecule has 0 aromatic heterocycles. The molecular formula is C6H11CsO7S. The number of carboxylic acids is 2. The molecule has 0 aliphatic carbocycles. The maximum atomic E-state index is 10.5.